The molecular weight excluding hydrogens is 264 g/mol. The maximum Gasteiger partial charge on any atom is 0.225 e. The molecule has 2 unspecified atom stereocenters. The number of nitrogens with zero attached hydrogens (tertiary/aromatic N) is 1. The third-order valence-corrected chi connectivity index (χ3v) is 3.49. The molecule has 0 aromatic rings. The van der Waals surface area contributed by atoms with Crippen LogP contribution in [-0.4, -0.2) is 42.6 Å². The van der Waals surface area contributed by atoms with Gasteiger partial charge in [-0.15, -0.1) is 12.4 Å². The first-order valence-electron chi connectivity index (χ1n) is 7.15. The lowest BCUT2D eigenvalue weighted by Gasteiger charge is -2.24. The van der Waals surface area contributed by atoms with E-state index in [1.165, 1.54) is 0 Å². The Hall–Kier alpha value is -0.320. The maximum atomic E-state index is 12.0. The summed E-state index contributed by atoms with van der Waals surface area (Å²) in [6.45, 7) is 8.41. The Morgan fingerprint density at radius 1 is 1.42 bits per heavy atom. The molecule has 0 bridgehead atoms. The summed E-state index contributed by atoms with van der Waals surface area (Å²) < 4.78 is 5.67. The number of likely N-dealkylation sites (tertiary alicyclic amines) is 1. The van der Waals surface area contributed by atoms with Crippen molar-refractivity contribution in [3.05, 3.63) is 0 Å². The van der Waals surface area contributed by atoms with Gasteiger partial charge in [0.2, 0.25) is 5.91 Å². The van der Waals surface area contributed by atoms with E-state index < -0.39 is 0 Å². The molecule has 0 saturated carbocycles. The molecule has 1 heterocycles. The molecule has 2 N–H and O–H groups in total. The van der Waals surface area contributed by atoms with Gasteiger partial charge in [-0.05, 0) is 32.1 Å². The average molecular weight is 293 g/mol. The SMILES string of the molecule is CC(C)CC(C)OCCC(=O)N1CCCC1CN.Cl. The Morgan fingerprint density at radius 3 is 2.68 bits per heavy atom. The second-order valence-corrected chi connectivity index (χ2v) is 5.68. The fraction of sp³-hybridized carbons (Fsp3) is 0.929. The quantitative estimate of drug-likeness (QED) is 0.783. The topological polar surface area (TPSA) is 55.6 Å². The van der Waals surface area contributed by atoms with Gasteiger partial charge < -0.3 is 15.4 Å². The molecule has 0 radical (unpaired) electrons. The van der Waals surface area contributed by atoms with E-state index in [1.807, 2.05) is 4.90 Å². The van der Waals surface area contributed by atoms with Crippen LogP contribution in [0.25, 0.3) is 0 Å². The molecular formula is C14H29ClN2O2. The van der Waals surface area contributed by atoms with Gasteiger partial charge in [-0.3, -0.25) is 4.79 Å². The molecule has 1 aliphatic rings. The zero-order chi connectivity index (χ0) is 13.5. The lowest BCUT2D eigenvalue weighted by Crippen LogP contribution is -2.40. The highest BCUT2D eigenvalue weighted by atomic mass is 35.5. The summed E-state index contributed by atoms with van der Waals surface area (Å²) in [6.07, 6.45) is 3.90. The number of hydrogen-bond donors (Lipinski definition) is 1. The Labute approximate surface area is 123 Å². The normalized spacial score (nSPS) is 20.5. The lowest BCUT2D eigenvalue weighted by molar-refractivity contribution is -0.133. The summed E-state index contributed by atoms with van der Waals surface area (Å²) >= 11 is 0. The van der Waals surface area contributed by atoms with Crippen molar-refractivity contribution in [3.63, 3.8) is 0 Å². The van der Waals surface area contributed by atoms with Gasteiger partial charge in [0.1, 0.15) is 0 Å². The third-order valence-electron chi connectivity index (χ3n) is 3.49. The minimum Gasteiger partial charge on any atom is -0.378 e. The van der Waals surface area contributed by atoms with Crippen molar-refractivity contribution in [2.45, 2.75) is 58.6 Å². The molecule has 0 aromatic carbocycles. The minimum atomic E-state index is 0. The first kappa shape index (κ1) is 18.7. The summed E-state index contributed by atoms with van der Waals surface area (Å²) in [5.41, 5.74) is 5.67. The van der Waals surface area contributed by atoms with Crippen LogP contribution in [0.15, 0.2) is 0 Å². The number of amides is 1. The van der Waals surface area contributed by atoms with E-state index in [1.54, 1.807) is 0 Å². The van der Waals surface area contributed by atoms with E-state index in [0.717, 1.165) is 25.8 Å². The van der Waals surface area contributed by atoms with E-state index in [4.69, 9.17) is 10.5 Å². The largest absolute Gasteiger partial charge is 0.378 e. The first-order valence-corrected chi connectivity index (χ1v) is 7.15. The highest BCUT2D eigenvalue weighted by Crippen LogP contribution is 2.17. The molecule has 2 atom stereocenters. The van der Waals surface area contributed by atoms with Crippen molar-refractivity contribution in [2.75, 3.05) is 19.7 Å². The molecule has 0 aliphatic carbocycles. The van der Waals surface area contributed by atoms with Crippen LogP contribution in [0.5, 0.6) is 0 Å². The molecule has 19 heavy (non-hydrogen) atoms. The second kappa shape index (κ2) is 9.56. The number of rotatable bonds is 7. The van der Waals surface area contributed by atoms with Crippen molar-refractivity contribution in [3.8, 4) is 0 Å². The summed E-state index contributed by atoms with van der Waals surface area (Å²) in [5.74, 6) is 0.829. The maximum absolute atomic E-state index is 12.0. The fourth-order valence-corrected chi connectivity index (χ4v) is 2.63. The zero-order valence-electron chi connectivity index (χ0n) is 12.4. The number of halogens is 1. The summed E-state index contributed by atoms with van der Waals surface area (Å²) in [7, 11) is 0. The number of carbonyl (C=O) groups excluding carboxylic acids is 1. The third kappa shape index (κ3) is 6.59. The molecule has 1 rings (SSSR count). The standard InChI is InChI=1S/C14H28N2O2.ClH/c1-11(2)9-12(3)18-8-6-14(17)16-7-4-5-13(16)10-15;/h11-13H,4-10,15H2,1-3H3;1H. The fourth-order valence-electron chi connectivity index (χ4n) is 2.63. The smallest absolute Gasteiger partial charge is 0.225 e. The van der Waals surface area contributed by atoms with E-state index in [2.05, 4.69) is 20.8 Å². The van der Waals surface area contributed by atoms with Gasteiger partial charge in [0.05, 0.1) is 19.1 Å². The van der Waals surface area contributed by atoms with Crippen LogP contribution in [0.1, 0.15) is 46.5 Å². The van der Waals surface area contributed by atoms with Gasteiger partial charge in [0.25, 0.3) is 0 Å². The molecule has 1 saturated heterocycles. The Kier molecular flexibility index (Phi) is 9.40. The highest BCUT2D eigenvalue weighted by molar-refractivity contribution is 5.85. The predicted molar refractivity (Wildman–Crippen MR) is 80.5 cm³/mol. The van der Waals surface area contributed by atoms with Gasteiger partial charge in [0.15, 0.2) is 0 Å². The summed E-state index contributed by atoms with van der Waals surface area (Å²) in [5, 5.41) is 0. The molecule has 1 aliphatic heterocycles. The van der Waals surface area contributed by atoms with Crippen LogP contribution in [0, 0.1) is 5.92 Å². The van der Waals surface area contributed by atoms with E-state index in [0.29, 0.717) is 25.5 Å². The van der Waals surface area contributed by atoms with Crippen molar-refractivity contribution in [1.82, 2.24) is 4.90 Å². The second-order valence-electron chi connectivity index (χ2n) is 5.68. The van der Waals surface area contributed by atoms with E-state index in [9.17, 15) is 4.79 Å². The van der Waals surface area contributed by atoms with Crippen LogP contribution in [-0.2, 0) is 9.53 Å². The lowest BCUT2D eigenvalue weighted by atomic mass is 10.1. The molecule has 0 aromatic heterocycles. The monoisotopic (exact) mass is 292 g/mol. The number of carbonyl (C=O) groups is 1. The molecule has 4 nitrogen and oxygen atoms in total. The van der Waals surface area contributed by atoms with Gasteiger partial charge >= 0.3 is 0 Å². The summed E-state index contributed by atoms with van der Waals surface area (Å²) in [6, 6.07) is 0.255. The summed E-state index contributed by atoms with van der Waals surface area (Å²) in [4.78, 5) is 13.9. The van der Waals surface area contributed by atoms with Crippen LogP contribution in [0.2, 0.25) is 0 Å². The molecule has 0 spiro atoms. The van der Waals surface area contributed by atoms with Crippen LogP contribution in [0.3, 0.4) is 0 Å². The van der Waals surface area contributed by atoms with Gasteiger partial charge in [0, 0.05) is 19.1 Å². The minimum absolute atomic E-state index is 0. The van der Waals surface area contributed by atoms with Crippen LogP contribution < -0.4 is 5.73 Å². The molecule has 5 heteroatoms. The Bertz CT molecular complexity index is 262. The van der Waals surface area contributed by atoms with Gasteiger partial charge in [-0.25, -0.2) is 0 Å². The Morgan fingerprint density at radius 2 is 2.11 bits per heavy atom. The van der Waals surface area contributed by atoms with Gasteiger partial charge in [-0.1, -0.05) is 13.8 Å². The van der Waals surface area contributed by atoms with Crippen molar-refractivity contribution in [1.29, 1.82) is 0 Å². The van der Waals surface area contributed by atoms with E-state index >= 15 is 0 Å². The van der Waals surface area contributed by atoms with Crippen molar-refractivity contribution >= 4 is 18.3 Å². The zero-order valence-corrected chi connectivity index (χ0v) is 13.2. The van der Waals surface area contributed by atoms with E-state index in [-0.39, 0.29) is 30.5 Å². The molecule has 114 valence electrons. The van der Waals surface area contributed by atoms with Crippen LogP contribution >= 0.6 is 12.4 Å². The number of nitrogens with two attached hydrogens (primary N) is 1. The number of ether oxygens (including phenoxy) is 1. The average Bonchev–Trinajstić information content (AvgIpc) is 2.75. The van der Waals surface area contributed by atoms with Crippen molar-refractivity contribution < 1.29 is 9.53 Å². The number of hydrogen-bond acceptors (Lipinski definition) is 3. The van der Waals surface area contributed by atoms with Crippen molar-refractivity contribution in [2.24, 2.45) is 11.7 Å². The predicted octanol–water partition coefficient (Wildman–Crippen LogP) is 2.20. The first-order chi connectivity index (χ1) is 8.54. The van der Waals surface area contributed by atoms with Gasteiger partial charge in [-0.2, -0.15) is 0 Å². The molecule has 1 amide bonds. The Balaban J connectivity index is 0.00000324. The highest BCUT2D eigenvalue weighted by Gasteiger charge is 2.26. The molecule has 1 fully saturated rings. The van der Waals surface area contributed by atoms with Crippen LogP contribution in [0.4, 0.5) is 0 Å².